The number of alkyl carbamates (subject to hydrolysis) is 1. The zero-order valence-corrected chi connectivity index (χ0v) is 21.9. The Labute approximate surface area is 205 Å². The zero-order valence-electron chi connectivity index (χ0n) is 21.9. The van der Waals surface area contributed by atoms with Gasteiger partial charge < -0.3 is 20.3 Å². The average Bonchev–Trinajstić information content (AvgIpc) is 2.77. The number of ether oxygens (including phenoxy) is 1. The van der Waals surface area contributed by atoms with Crippen LogP contribution in [0.5, 0.6) is 0 Å². The van der Waals surface area contributed by atoms with Crippen LogP contribution in [-0.2, 0) is 20.7 Å². The molecule has 0 heterocycles. The second-order valence-electron chi connectivity index (χ2n) is 10.7. The van der Waals surface area contributed by atoms with Crippen molar-refractivity contribution < 1.29 is 19.1 Å². The third kappa shape index (κ3) is 8.03. The molecule has 1 aromatic carbocycles. The number of hydrogen-bond acceptors (Lipinski definition) is 4. The summed E-state index contributed by atoms with van der Waals surface area (Å²) in [6.45, 7) is 11.1. The maximum Gasteiger partial charge on any atom is 0.408 e. The van der Waals surface area contributed by atoms with E-state index in [2.05, 4.69) is 17.6 Å². The average molecular weight is 474 g/mol. The fraction of sp³-hybridized carbons (Fsp3) is 0.667. The molecule has 3 amide bonds. The Morgan fingerprint density at radius 1 is 1.06 bits per heavy atom. The molecule has 0 bridgehead atoms. The fourth-order valence-corrected chi connectivity index (χ4v) is 4.31. The number of carbonyl (C=O) groups is 3. The first kappa shape index (κ1) is 27.7. The molecule has 2 unspecified atom stereocenters. The van der Waals surface area contributed by atoms with Gasteiger partial charge >= 0.3 is 6.09 Å². The van der Waals surface area contributed by atoms with Crippen LogP contribution in [0.2, 0.25) is 0 Å². The predicted octanol–water partition coefficient (Wildman–Crippen LogP) is 4.75. The molecule has 0 aliphatic heterocycles. The van der Waals surface area contributed by atoms with Crippen molar-refractivity contribution in [3.63, 3.8) is 0 Å². The maximum atomic E-state index is 13.6. The molecular formula is C27H43N3O4. The number of nitrogens with zero attached hydrogens (tertiary/aromatic N) is 1. The molecule has 34 heavy (non-hydrogen) atoms. The highest BCUT2D eigenvalue weighted by molar-refractivity contribution is 5.92. The molecule has 2 rings (SSSR count). The van der Waals surface area contributed by atoms with Crippen molar-refractivity contribution in [3.8, 4) is 0 Å². The maximum absolute atomic E-state index is 13.6. The van der Waals surface area contributed by atoms with Gasteiger partial charge in [-0.2, -0.15) is 0 Å². The first-order chi connectivity index (χ1) is 15.9. The highest BCUT2D eigenvalue weighted by atomic mass is 16.6. The van der Waals surface area contributed by atoms with Gasteiger partial charge in [-0.3, -0.25) is 9.59 Å². The lowest BCUT2D eigenvalue weighted by Gasteiger charge is -2.34. The zero-order chi connectivity index (χ0) is 25.5. The minimum atomic E-state index is -0.820. The van der Waals surface area contributed by atoms with Crippen LogP contribution in [0.1, 0.15) is 90.8 Å². The van der Waals surface area contributed by atoms with Crippen LogP contribution in [0.15, 0.2) is 24.3 Å². The highest BCUT2D eigenvalue weighted by Crippen LogP contribution is 2.25. The third-order valence-corrected chi connectivity index (χ3v) is 6.24. The molecule has 7 nitrogen and oxygen atoms in total. The molecule has 7 heteroatoms. The van der Waals surface area contributed by atoms with Gasteiger partial charge in [-0.15, -0.1) is 0 Å². The molecule has 1 aliphatic rings. The lowest BCUT2D eigenvalue weighted by atomic mass is 9.94. The second kappa shape index (κ2) is 12.2. The number of carbonyl (C=O) groups excluding carboxylic acids is 3. The minimum Gasteiger partial charge on any atom is -0.444 e. The van der Waals surface area contributed by atoms with E-state index in [1.807, 2.05) is 38.1 Å². The van der Waals surface area contributed by atoms with E-state index >= 15 is 0 Å². The van der Waals surface area contributed by atoms with Crippen molar-refractivity contribution >= 4 is 17.9 Å². The molecule has 0 spiro atoms. The monoisotopic (exact) mass is 473 g/mol. The van der Waals surface area contributed by atoms with Crippen molar-refractivity contribution in [3.05, 3.63) is 35.4 Å². The van der Waals surface area contributed by atoms with E-state index in [1.54, 1.807) is 27.8 Å². The predicted molar refractivity (Wildman–Crippen MR) is 134 cm³/mol. The van der Waals surface area contributed by atoms with Crippen LogP contribution >= 0.6 is 0 Å². The summed E-state index contributed by atoms with van der Waals surface area (Å²) in [5.74, 6) is -0.706. The largest absolute Gasteiger partial charge is 0.444 e. The van der Waals surface area contributed by atoms with E-state index in [0.29, 0.717) is 0 Å². The Hall–Kier alpha value is -2.57. The van der Waals surface area contributed by atoms with E-state index < -0.39 is 23.8 Å². The number of aryl methyl sites for hydroxylation is 1. The van der Waals surface area contributed by atoms with Gasteiger partial charge in [0.15, 0.2) is 0 Å². The molecule has 1 saturated carbocycles. The first-order valence-electron chi connectivity index (χ1n) is 12.6. The van der Waals surface area contributed by atoms with Gasteiger partial charge in [-0.1, -0.05) is 64.3 Å². The SMILES string of the molecule is CCc1ccc(C(C(=O)NC2CCCCC2)N(C)C(=O)C(NC(=O)OC(C)(C)C)C(C)C)cc1. The Kier molecular flexibility index (Phi) is 9.95. The Bertz CT molecular complexity index is 823. The summed E-state index contributed by atoms with van der Waals surface area (Å²) in [6.07, 6.45) is 5.56. The molecule has 2 N–H and O–H groups in total. The number of rotatable bonds is 8. The lowest BCUT2D eigenvalue weighted by molar-refractivity contribution is -0.142. The van der Waals surface area contributed by atoms with Crippen LogP contribution in [-0.4, -0.2) is 47.5 Å². The topological polar surface area (TPSA) is 87.7 Å². The number of amides is 3. The summed E-state index contributed by atoms with van der Waals surface area (Å²) in [6, 6.07) is 6.34. The molecule has 1 fully saturated rings. The smallest absolute Gasteiger partial charge is 0.408 e. The van der Waals surface area contributed by atoms with Crippen LogP contribution in [0, 0.1) is 5.92 Å². The fourth-order valence-electron chi connectivity index (χ4n) is 4.31. The molecule has 0 saturated heterocycles. The summed E-state index contributed by atoms with van der Waals surface area (Å²) < 4.78 is 5.37. The number of hydrogen-bond donors (Lipinski definition) is 2. The van der Waals surface area contributed by atoms with Gasteiger partial charge in [-0.05, 0) is 57.1 Å². The van der Waals surface area contributed by atoms with E-state index in [4.69, 9.17) is 4.74 Å². The van der Waals surface area contributed by atoms with E-state index in [1.165, 1.54) is 11.3 Å². The van der Waals surface area contributed by atoms with Gasteiger partial charge in [0.25, 0.3) is 0 Å². The highest BCUT2D eigenvalue weighted by Gasteiger charge is 2.36. The van der Waals surface area contributed by atoms with Crippen molar-refractivity contribution in [2.45, 2.75) is 104 Å². The molecule has 1 aliphatic carbocycles. The van der Waals surface area contributed by atoms with Gasteiger partial charge in [0.05, 0.1) is 0 Å². The van der Waals surface area contributed by atoms with Crippen molar-refractivity contribution in [2.24, 2.45) is 5.92 Å². The van der Waals surface area contributed by atoms with E-state index in [9.17, 15) is 14.4 Å². The van der Waals surface area contributed by atoms with Crippen LogP contribution in [0.3, 0.4) is 0 Å². The summed E-state index contributed by atoms with van der Waals surface area (Å²) in [7, 11) is 1.63. The Morgan fingerprint density at radius 3 is 2.15 bits per heavy atom. The summed E-state index contributed by atoms with van der Waals surface area (Å²) in [5, 5.41) is 5.89. The molecule has 1 aromatic rings. The molecular weight excluding hydrogens is 430 g/mol. The number of nitrogens with one attached hydrogen (secondary N) is 2. The third-order valence-electron chi connectivity index (χ3n) is 6.24. The van der Waals surface area contributed by atoms with Gasteiger partial charge in [0.1, 0.15) is 17.7 Å². The van der Waals surface area contributed by atoms with E-state index in [-0.39, 0.29) is 23.8 Å². The normalized spacial score (nSPS) is 16.5. The molecule has 2 atom stereocenters. The molecule has 190 valence electrons. The molecule has 0 aromatic heterocycles. The molecule has 0 radical (unpaired) electrons. The number of benzene rings is 1. The van der Waals surface area contributed by atoms with Crippen molar-refractivity contribution in [1.82, 2.24) is 15.5 Å². The van der Waals surface area contributed by atoms with Crippen LogP contribution in [0.4, 0.5) is 4.79 Å². The van der Waals surface area contributed by atoms with Crippen LogP contribution < -0.4 is 10.6 Å². The summed E-state index contributed by atoms with van der Waals surface area (Å²) >= 11 is 0. The van der Waals surface area contributed by atoms with Crippen molar-refractivity contribution in [2.75, 3.05) is 7.05 Å². The Balaban J connectivity index is 2.29. The second-order valence-corrected chi connectivity index (χ2v) is 10.7. The summed E-state index contributed by atoms with van der Waals surface area (Å²) in [4.78, 5) is 41.0. The van der Waals surface area contributed by atoms with Gasteiger partial charge in [-0.25, -0.2) is 4.79 Å². The van der Waals surface area contributed by atoms with E-state index in [0.717, 1.165) is 43.2 Å². The quantitative estimate of drug-likeness (QED) is 0.570. The standard InChI is InChI=1S/C27H43N3O4/c1-8-19-14-16-20(17-15-19)23(24(31)28-21-12-10-9-11-13-21)30(7)25(32)22(18(2)3)29-26(33)34-27(4,5)6/h14-18,21-23H,8-13H2,1-7H3,(H,28,31)(H,29,33). The van der Waals surface area contributed by atoms with Gasteiger partial charge in [0, 0.05) is 13.1 Å². The van der Waals surface area contributed by atoms with Gasteiger partial charge in [0.2, 0.25) is 11.8 Å². The summed E-state index contributed by atoms with van der Waals surface area (Å²) in [5.41, 5.74) is 1.24. The first-order valence-corrected chi connectivity index (χ1v) is 12.6. The minimum absolute atomic E-state index is 0.128. The van der Waals surface area contributed by atoms with Crippen LogP contribution in [0.25, 0.3) is 0 Å². The number of likely N-dealkylation sites (N-methyl/N-ethyl adjacent to an activating group) is 1. The lowest BCUT2D eigenvalue weighted by Crippen LogP contribution is -2.54. The Morgan fingerprint density at radius 2 is 1.65 bits per heavy atom. The van der Waals surface area contributed by atoms with Crippen molar-refractivity contribution in [1.29, 1.82) is 0 Å².